The molecule has 0 aromatic heterocycles. The summed E-state index contributed by atoms with van der Waals surface area (Å²) in [7, 11) is 4.12. The molecule has 1 aliphatic rings. The van der Waals surface area contributed by atoms with E-state index in [1.165, 1.54) is 11.1 Å². The van der Waals surface area contributed by atoms with E-state index in [1.54, 1.807) is 0 Å². The minimum atomic E-state index is -1.82. The second-order valence-electron chi connectivity index (χ2n) is 6.56. The molecule has 0 amide bonds. The van der Waals surface area contributed by atoms with E-state index in [4.69, 9.17) is 29.3 Å². The number of carboxylic acids is 2. The lowest BCUT2D eigenvalue weighted by molar-refractivity contribution is -0.206. The third-order valence-electron chi connectivity index (χ3n) is 4.41. The topological polar surface area (TPSA) is 96.3 Å². The van der Waals surface area contributed by atoms with E-state index in [2.05, 4.69) is 67.5 Å². The summed E-state index contributed by atoms with van der Waals surface area (Å²) in [6.45, 7) is 1.40. The summed E-state index contributed by atoms with van der Waals surface area (Å²) >= 11 is 0. The van der Waals surface area contributed by atoms with E-state index in [-0.39, 0.29) is 12.2 Å². The van der Waals surface area contributed by atoms with Gasteiger partial charge in [-0.05, 0) is 25.2 Å². The van der Waals surface area contributed by atoms with E-state index in [0.717, 1.165) is 0 Å². The Bertz CT molecular complexity index is 691. The SMILES string of the molecule is CN(C)C1COC(C(c2ccccc2)c2ccccc2)OC1.O=C(O)C(=O)O. The molecule has 0 radical (unpaired) electrons. The number of hydrogen-bond donors (Lipinski definition) is 2. The highest BCUT2D eigenvalue weighted by molar-refractivity contribution is 6.27. The van der Waals surface area contributed by atoms with Crippen LogP contribution in [0.2, 0.25) is 0 Å². The Labute approximate surface area is 164 Å². The molecule has 0 aliphatic carbocycles. The van der Waals surface area contributed by atoms with Crippen LogP contribution in [0.1, 0.15) is 17.0 Å². The van der Waals surface area contributed by atoms with E-state index >= 15 is 0 Å². The minimum absolute atomic E-state index is 0.102. The van der Waals surface area contributed by atoms with E-state index < -0.39 is 11.9 Å². The fourth-order valence-corrected chi connectivity index (χ4v) is 2.83. The zero-order chi connectivity index (χ0) is 20.5. The maximum absolute atomic E-state index is 9.10. The Morgan fingerprint density at radius 3 is 1.57 bits per heavy atom. The molecule has 1 saturated heterocycles. The maximum Gasteiger partial charge on any atom is 0.414 e. The molecule has 150 valence electrons. The van der Waals surface area contributed by atoms with Gasteiger partial charge in [0.2, 0.25) is 0 Å². The zero-order valence-electron chi connectivity index (χ0n) is 15.9. The summed E-state index contributed by atoms with van der Waals surface area (Å²) < 4.78 is 12.1. The Morgan fingerprint density at radius 1 is 0.857 bits per heavy atom. The van der Waals surface area contributed by atoms with Gasteiger partial charge in [-0.15, -0.1) is 0 Å². The number of carbonyl (C=O) groups is 2. The van der Waals surface area contributed by atoms with Crippen molar-refractivity contribution in [2.45, 2.75) is 18.2 Å². The molecule has 7 heteroatoms. The monoisotopic (exact) mass is 387 g/mol. The van der Waals surface area contributed by atoms with Crippen LogP contribution in [-0.2, 0) is 19.1 Å². The third kappa shape index (κ3) is 6.16. The van der Waals surface area contributed by atoms with Gasteiger partial charge in [-0.25, -0.2) is 9.59 Å². The van der Waals surface area contributed by atoms with Crippen molar-refractivity contribution in [3.63, 3.8) is 0 Å². The first kappa shape index (κ1) is 21.6. The average molecular weight is 387 g/mol. The molecular formula is C21H25NO6. The van der Waals surface area contributed by atoms with Crippen LogP contribution in [0.15, 0.2) is 60.7 Å². The van der Waals surface area contributed by atoms with Gasteiger partial charge in [0, 0.05) is 0 Å². The van der Waals surface area contributed by atoms with E-state index in [0.29, 0.717) is 19.3 Å². The fraction of sp³-hybridized carbons (Fsp3) is 0.333. The molecule has 3 rings (SSSR count). The molecule has 1 fully saturated rings. The number of aliphatic carboxylic acids is 2. The number of ether oxygens (including phenoxy) is 2. The molecule has 7 nitrogen and oxygen atoms in total. The highest BCUT2D eigenvalue weighted by Crippen LogP contribution is 2.32. The van der Waals surface area contributed by atoms with Gasteiger partial charge in [-0.1, -0.05) is 60.7 Å². The summed E-state index contributed by atoms with van der Waals surface area (Å²) in [5.74, 6) is -3.55. The molecule has 1 aliphatic heterocycles. The van der Waals surface area contributed by atoms with Crippen molar-refractivity contribution >= 4 is 11.9 Å². The summed E-state index contributed by atoms with van der Waals surface area (Å²) in [5, 5.41) is 14.8. The molecule has 2 aromatic rings. The van der Waals surface area contributed by atoms with Gasteiger partial charge in [0.1, 0.15) is 0 Å². The molecule has 0 bridgehead atoms. The Morgan fingerprint density at radius 2 is 1.25 bits per heavy atom. The fourth-order valence-electron chi connectivity index (χ4n) is 2.83. The first-order valence-corrected chi connectivity index (χ1v) is 8.86. The molecule has 28 heavy (non-hydrogen) atoms. The van der Waals surface area contributed by atoms with Crippen molar-refractivity contribution in [1.29, 1.82) is 0 Å². The molecule has 0 saturated carbocycles. The highest BCUT2D eigenvalue weighted by Gasteiger charge is 2.32. The Kier molecular flexibility index (Phi) is 8.13. The van der Waals surface area contributed by atoms with Crippen molar-refractivity contribution < 1.29 is 29.3 Å². The van der Waals surface area contributed by atoms with Gasteiger partial charge in [0.05, 0.1) is 25.2 Å². The molecule has 0 unspecified atom stereocenters. The lowest BCUT2D eigenvalue weighted by atomic mass is 9.90. The summed E-state index contributed by atoms with van der Waals surface area (Å²) in [4.78, 5) is 20.3. The maximum atomic E-state index is 9.10. The number of rotatable bonds is 4. The summed E-state index contributed by atoms with van der Waals surface area (Å²) in [6.07, 6.45) is -0.235. The lowest BCUT2D eigenvalue weighted by Gasteiger charge is -2.37. The first-order valence-electron chi connectivity index (χ1n) is 8.86. The van der Waals surface area contributed by atoms with Crippen LogP contribution >= 0.6 is 0 Å². The normalized spacial score (nSPS) is 19.0. The van der Waals surface area contributed by atoms with Crippen molar-refractivity contribution in [1.82, 2.24) is 4.90 Å². The van der Waals surface area contributed by atoms with Crippen LogP contribution < -0.4 is 0 Å². The van der Waals surface area contributed by atoms with Crippen LogP contribution in [0.5, 0.6) is 0 Å². The smallest absolute Gasteiger partial charge is 0.414 e. The average Bonchev–Trinajstić information content (AvgIpc) is 2.71. The Balaban J connectivity index is 0.000000409. The molecular weight excluding hydrogens is 362 g/mol. The van der Waals surface area contributed by atoms with E-state index in [9.17, 15) is 0 Å². The molecule has 2 N–H and O–H groups in total. The van der Waals surface area contributed by atoms with Gasteiger partial charge in [0.25, 0.3) is 0 Å². The van der Waals surface area contributed by atoms with Crippen molar-refractivity contribution in [3.8, 4) is 0 Å². The third-order valence-corrected chi connectivity index (χ3v) is 4.41. The van der Waals surface area contributed by atoms with Gasteiger partial charge >= 0.3 is 11.9 Å². The lowest BCUT2D eigenvalue weighted by Crippen LogP contribution is -2.45. The molecule has 0 spiro atoms. The number of benzene rings is 2. The quantitative estimate of drug-likeness (QED) is 0.777. The number of hydrogen-bond acceptors (Lipinski definition) is 5. The van der Waals surface area contributed by atoms with Crippen molar-refractivity contribution in [2.24, 2.45) is 0 Å². The molecule has 0 atom stereocenters. The second kappa shape index (κ2) is 10.6. The summed E-state index contributed by atoms with van der Waals surface area (Å²) in [6, 6.07) is 21.2. The van der Waals surface area contributed by atoms with Gasteiger partial charge in [-0.3, -0.25) is 0 Å². The largest absolute Gasteiger partial charge is 0.473 e. The van der Waals surface area contributed by atoms with Crippen LogP contribution in [0.4, 0.5) is 0 Å². The minimum Gasteiger partial charge on any atom is -0.473 e. The van der Waals surface area contributed by atoms with E-state index in [1.807, 2.05) is 12.1 Å². The van der Waals surface area contributed by atoms with Crippen LogP contribution in [0, 0.1) is 0 Å². The standard InChI is InChI=1S/C19H23NO2.C2H2O4/c1-20(2)17-13-21-19(22-14-17)18(15-9-5-3-6-10-15)16-11-7-4-8-12-16;3-1(4)2(5)6/h3-12,17-19H,13-14H2,1-2H3;(H,3,4)(H,5,6). The number of likely N-dealkylation sites (N-methyl/N-ethyl adjacent to an activating group) is 1. The highest BCUT2D eigenvalue weighted by atomic mass is 16.7. The van der Waals surface area contributed by atoms with Gasteiger partial charge in [0.15, 0.2) is 6.29 Å². The number of nitrogens with zero attached hydrogens (tertiary/aromatic N) is 1. The summed E-state index contributed by atoms with van der Waals surface area (Å²) in [5.41, 5.74) is 2.45. The van der Waals surface area contributed by atoms with Gasteiger partial charge < -0.3 is 24.6 Å². The van der Waals surface area contributed by atoms with Gasteiger partial charge in [-0.2, -0.15) is 0 Å². The zero-order valence-corrected chi connectivity index (χ0v) is 15.9. The predicted octanol–water partition coefficient (Wildman–Crippen LogP) is 2.28. The van der Waals surface area contributed by atoms with Crippen LogP contribution in [0.3, 0.4) is 0 Å². The molecule has 1 heterocycles. The number of carboxylic acid groups (broad SMARTS) is 2. The first-order chi connectivity index (χ1) is 13.4. The van der Waals surface area contributed by atoms with Crippen molar-refractivity contribution in [3.05, 3.63) is 71.8 Å². The van der Waals surface area contributed by atoms with Crippen molar-refractivity contribution in [2.75, 3.05) is 27.3 Å². The second-order valence-corrected chi connectivity index (χ2v) is 6.56. The predicted molar refractivity (Wildman–Crippen MR) is 103 cm³/mol. The molecule has 2 aromatic carbocycles. The van der Waals surface area contributed by atoms with Crippen LogP contribution in [0.25, 0.3) is 0 Å². The van der Waals surface area contributed by atoms with Crippen LogP contribution in [-0.4, -0.2) is 66.7 Å². The Hall–Kier alpha value is -2.74.